The van der Waals surface area contributed by atoms with Crippen LogP contribution in [0.1, 0.15) is 41.6 Å². The molecule has 3 N–H and O–H groups in total. The lowest BCUT2D eigenvalue weighted by atomic mass is 9.91. The number of para-hydroxylation sites is 2. The number of hydrogen-bond acceptors (Lipinski definition) is 9. The molecule has 4 atom stereocenters. The van der Waals surface area contributed by atoms with Gasteiger partial charge in [0.2, 0.25) is 5.16 Å². The largest absolute Gasteiger partial charge is 0.457 e. The Morgan fingerprint density at radius 1 is 0.808 bits per heavy atom. The van der Waals surface area contributed by atoms with E-state index in [1.165, 1.54) is 11.8 Å². The summed E-state index contributed by atoms with van der Waals surface area (Å²) in [6, 6.07) is 41.9. The first kappa shape index (κ1) is 34.9. The summed E-state index contributed by atoms with van der Waals surface area (Å²) in [7, 11) is 0. The summed E-state index contributed by atoms with van der Waals surface area (Å²) < 4.78 is 20.8. The molecule has 1 fully saturated rings. The molecule has 52 heavy (non-hydrogen) atoms. The Hall–Kier alpha value is -5.53. The lowest BCUT2D eigenvalue weighted by Gasteiger charge is -2.41. The molecular formula is C40H38N6O5S. The van der Waals surface area contributed by atoms with Gasteiger partial charge in [0.25, 0.3) is 0 Å². The van der Waals surface area contributed by atoms with Crippen LogP contribution in [0.4, 0.5) is 10.5 Å². The van der Waals surface area contributed by atoms with Crippen molar-refractivity contribution in [1.82, 2.24) is 25.5 Å². The molecule has 1 saturated heterocycles. The zero-order valence-electron chi connectivity index (χ0n) is 28.4. The number of carbonyl (C=O) groups excluding carboxylic acids is 1. The van der Waals surface area contributed by atoms with Crippen molar-refractivity contribution in [1.29, 1.82) is 0 Å². The van der Waals surface area contributed by atoms with Crippen LogP contribution in [0.3, 0.4) is 0 Å². The molecule has 0 spiro atoms. The van der Waals surface area contributed by atoms with Crippen LogP contribution >= 0.6 is 11.8 Å². The Bertz CT molecular complexity index is 2030. The van der Waals surface area contributed by atoms with Crippen LogP contribution in [0.15, 0.2) is 139 Å². The first-order valence-corrected chi connectivity index (χ1v) is 17.9. The number of aromatic nitrogens is 4. The molecule has 6 aromatic rings. The number of hydrogen-bond donors (Lipinski definition) is 3. The third-order valence-electron chi connectivity index (χ3n) is 8.74. The van der Waals surface area contributed by atoms with Gasteiger partial charge < -0.3 is 30.0 Å². The van der Waals surface area contributed by atoms with E-state index in [1.54, 1.807) is 16.8 Å². The standard InChI is InChI=1S/C40H38N6O5S/c1-27-36(26-52-40-43-44-45-46(40)33-8-4-2-5-9-33)50-38(51-37(27)30-16-14-29(25-47)15-17-30)31-18-12-28(13-19-31)24-41-39(48)42-32-20-22-35(23-21-32)49-34-10-6-3-7-11-34/h2-23,27,36-38,47H,24-26H2,1H3,(H2,41,42,48)/t27-,36+,37+,38+/m0/s1. The van der Waals surface area contributed by atoms with Crippen molar-refractivity contribution in [2.24, 2.45) is 5.92 Å². The van der Waals surface area contributed by atoms with Gasteiger partial charge in [-0.1, -0.05) is 104 Å². The SMILES string of the molecule is C[C@H]1[C@@H](CSc2nnnn2-c2ccccc2)O[C@@H](c2ccc(CNC(=O)Nc3ccc(Oc4ccccc4)cc3)cc2)O[C@H]1c1ccc(CO)cc1. The first-order chi connectivity index (χ1) is 25.5. The maximum absolute atomic E-state index is 12.7. The minimum atomic E-state index is -0.631. The van der Waals surface area contributed by atoms with Gasteiger partial charge in [0.1, 0.15) is 11.5 Å². The van der Waals surface area contributed by atoms with Gasteiger partial charge in [-0.2, -0.15) is 4.68 Å². The molecule has 1 aromatic heterocycles. The number of aliphatic hydroxyl groups excluding tert-OH is 1. The molecule has 0 aliphatic carbocycles. The average molecular weight is 715 g/mol. The van der Waals surface area contributed by atoms with Crippen molar-refractivity contribution in [3.05, 3.63) is 156 Å². The van der Waals surface area contributed by atoms with E-state index in [1.807, 2.05) is 121 Å². The molecule has 0 unspecified atom stereocenters. The van der Waals surface area contributed by atoms with E-state index < -0.39 is 6.29 Å². The molecule has 0 saturated carbocycles. The van der Waals surface area contributed by atoms with Crippen molar-refractivity contribution in [2.45, 2.75) is 43.7 Å². The minimum absolute atomic E-state index is 0.000593. The number of rotatable bonds is 12. The van der Waals surface area contributed by atoms with Crippen LogP contribution < -0.4 is 15.4 Å². The molecule has 2 amide bonds. The van der Waals surface area contributed by atoms with Crippen molar-refractivity contribution in [3.63, 3.8) is 0 Å². The van der Waals surface area contributed by atoms with Gasteiger partial charge >= 0.3 is 6.03 Å². The van der Waals surface area contributed by atoms with Crippen molar-refractivity contribution >= 4 is 23.5 Å². The van der Waals surface area contributed by atoms with Gasteiger partial charge in [-0.3, -0.25) is 0 Å². The van der Waals surface area contributed by atoms with Crippen molar-refractivity contribution in [2.75, 3.05) is 11.1 Å². The number of urea groups is 1. The number of nitrogens with one attached hydrogen (secondary N) is 2. The highest BCUT2D eigenvalue weighted by Crippen LogP contribution is 2.43. The Morgan fingerprint density at radius 2 is 1.46 bits per heavy atom. The van der Waals surface area contributed by atoms with E-state index in [0.29, 0.717) is 28.9 Å². The van der Waals surface area contributed by atoms with Gasteiger partial charge in [0.05, 0.1) is 24.5 Å². The quantitative estimate of drug-likeness (QED) is 0.108. The number of thioether (sulfide) groups is 1. The Kier molecular flexibility index (Phi) is 11.2. The molecule has 2 heterocycles. The second kappa shape index (κ2) is 16.7. The molecule has 5 aromatic carbocycles. The molecule has 7 rings (SSSR count). The van der Waals surface area contributed by atoms with Crippen molar-refractivity contribution < 1.29 is 24.1 Å². The summed E-state index contributed by atoms with van der Waals surface area (Å²) in [5.74, 6) is 2.02. The number of anilines is 1. The zero-order valence-corrected chi connectivity index (χ0v) is 29.2. The van der Waals surface area contributed by atoms with Gasteiger partial charge in [0, 0.05) is 29.5 Å². The summed E-state index contributed by atoms with van der Waals surface area (Å²) in [4.78, 5) is 12.7. The highest BCUT2D eigenvalue weighted by molar-refractivity contribution is 7.99. The van der Waals surface area contributed by atoms with E-state index in [4.69, 9.17) is 14.2 Å². The Balaban J connectivity index is 0.989. The number of aliphatic hydroxyl groups is 1. The smallest absolute Gasteiger partial charge is 0.319 e. The van der Waals surface area contributed by atoms with E-state index in [9.17, 15) is 9.90 Å². The van der Waals surface area contributed by atoms with E-state index >= 15 is 0 Å². The molecular weight excluding hydrogens is 677 g/mol. The lowest BCUT2D eigenvalue weighted by molar-refractivity contribution is -0.268. The molecule has 1 aliphatic rings. The number of nitrogens with zero attached hydrogens (tertiary/aromatic N) is 4. The summed E-state index contributed by atoms with van der Waals surface area (Å²) in [5, 5.41) is 28.4. The van der Waals surface area contributed by atoms with Gasteiger partial charge in [-0.15, -0.1) is 5.10 Å². The number of ether oxygens (including phenoxy) is 3. The van der Waals surface area contributed by atoms with Crippen LogP contribution in [-0.2, 0) is 22.6 Å². The maximum atomic E-state index is 12.7. The number of amides is 2. The summed E-state index contributed by atoms with van der Waals surface area (Å²) in [6.45, 7) is 2.43. The zero-order chi connectivity index (χ0) is 35.7. The molecule has 0 radical (unpaired) electrons. The predicted octanol–water partition coefficient (Wildman–Crippen LogP) is 7.85. The van der Waals surface area contributed by atoms with Gasteiger partial charge in [-0.25, -0.2) is 4.79 Å². The Labute approximate surface area is 305 Å². The van der Waals surface area contributed by atoms with E-state index in [0.717, 1.165) is 33.7 Å². The van der Waals surface area contributed by atoms with Crippen molar-refractivity contribution in [3.8, 4) is 17.2 Å². The van der Waals surface area contributed by atoms with Crippen LogP contribution in [0, 0.1) is 5.92 Å². The molecule has 11 nitrogen and oxygen atoms in total. The van der Waals surface area contributed by atoms with Crippen LogP contribution in [0.25, 0.3) is 5.69 Å². The molecule has 12 heteroatoms. The predicted molar refractivity (Wildman–Crippen MR) is 198 cm³/mol. The maximum Gasteiger partial charge on any atom is 0.319 e. The molecule has 264 valence electrons. The average Bonchev–Trinajstić information content (AvgIpc) is 3.67. The lowest BCUT2D eigenvalue weighted by Crippen LogP contribution is -2.38. The monoisotopic (exact) mass is 714 g/mol. The van der Waals surface area contributed by atoms with E-state index in [2.05, 4.69) is 33.1 Å². The van der Waals surface area contributed by atoms with Crippen LogP contribution in [0.5, 0.6) is 11.5 Å². The fraction of sp³-hybridized carbons (Fsp3) is 0.200. The second-order valence-electron chi connectivity index (χ2n) is 12.3. The third-order valence-corrected chi connectivity index (χ3v) is 9.75. The van der Waals surface area contributed by atoms with Gasteiger partial charge in [-0.05, 0) is 75.6 Å². The van der Waals surface area contributed by atoms with Gasteiger partial charge in [0.15, 0.2) is 6.29 Å². The number of benzene rings is 5. The topological polar surface area (TPSA) is 133 Å². The first-order valence-electron chi connectivity index (χ1n) is 17.0. The fourth-order valence-electron chi connectivity index (χ4n) is 5.85. The highest BCUT2D eigenvalue weighted by atomic mass is 32.2. The third kappa shape index (κ3) is 8.67. The highest BCUT2D eigenvalue weighted by Gasteiger charge is 2.38. The van der Waals surface area contributed by atoms with Crippen LogP contribution in [0.2, 0.25) is 0 Å². The molecule has 1 aliphatic heterocycles. The molecule has 0 bridgehead atoms. The normalized spacial score (nSPS) is 18.4. The summed E-state index contributed by atoms with van der Waals surface area (Å²) in [6.07, 6.45) is -1.09. The van der Waals surface area contributed by atoms with Crippen LogP contribution in [-0.4, -0.2) is 43.2 Å². The fourth-order valence-corrected chi connectivity index (χ4v) is 6.90. The minimum Gasteiger partial charge on any atom is -0.457 e. The summed E-state index contributed by atoms with van der Waals surface area (Å²) >= 11 is 1.53. The summed E-state index contributed by atoms with van der Waals surface area (Å²) in [5.41, 5.74) is 5.16. The second-order valence-corrected chi connectivity index (χ2v) is 13.3. The number of tetrazole rings is 1. The number of carbonyl (C=O) groups is 1. The van der Waals surface area contributed by atoms with E-state index in [-0.39, 0.29) is 30.8 Å². The Morgan fingerprint density at radius 3 is 2.17 bits per heavy atom.